The third kappa shape index (κ3) is 5.13. The van der Waals surface area contributed by atoms with Gasteiger partial charge in [-0.05, 0) is 32.5 Å². The first kappa shape index (κ1) is 17.6. The Hall–Kier alpha value is -1.76. The molecule has 2 aromatic rings. The number of aromatic nitrogens is 1. The second-order valence-electron chi connectivity index (χ2n) is 6.20. The monoisotopic (exact) mass is 333 g/mol. The predicted molar refractivity (Wildman–Crippen MR) is 93.3 cm³/mol. The summed E-state index contributed by atoms with van der Waals surface area (Å²) in [4.78, 5) is 17.9. The second kappa shape index (κ2) is 7.21. The highest BCUT2D eigenvalue weighted by Gasteiger charge is 2.18. The van der Waals surface area contributed by atoms with E-state index in [-0.39, 0.29) is 0 Å². The van der Waals surface area contributed by atoms with Crippen LogP contribution in [0.5, 0.6) is 0 Å². The molecule has 0 aliphatic heterocycles. The van der Waals surface area contributed by atoms with Crippen LogP contribution in [0, 0.1) is 0 Å². The summed E-state index contributed by atoms with van der Waals surface area (Å²) in [6.45, 7) is 7.84. The molecule has 0 saturated heterocycles. The standard InChI is InChI=1S/C17H23N3O2S/c1-4-20(11-17(2,3)22)9-14-10-23-16(19-14)13-7-5-12(6-8-13)15(18)21/h5-8,10,22H,4,9,11H2,1-3H3,(H2,18,21). The minimum atomic E-state index is -0.723. The Balaban J connectivity index is 2.09. The molecule has 0 saturated carbocycles. The zero-order chi connectivity index (χ0) is 17.0. The quantitative estimate of drug-likeness (QED) is 0.816. The maximum Gasteiger partial charge on any atom is 0.248 e. The molecule has 0 radical (unpaired) electrons. The van der Waals surface area contributed by atoms with Crippen molar-refractivity contribution >= 4 is 17.2 Å². The minimum absolute atomic E-state index is 0.429. The Kier molecular flexibility index (Phi) is 5.51. The lowest BCUT2D eigenvalue weighted by Crippen LogP contribution is -2.38. The average Bonchev–Trinajstić information content (AvgIpc) is 2.93. The van der Waals surface area contributed by atoms with Crippen LogP contribution in [0.25, 0.3) is 10.6 Å². The molecular formula is C17H23N3O2S. The van der Waals surface area contributed by atoms with Crippen LogP contribution in [-0.2, 0) is 6.54 Å². The first-order valence-corrected chi connectivity index (χ1v) is 8.46. The Labute approximate surface area is 140 Å². The van der Waals surface area contributed by atoms with Gasteiger partial charge >= 0.3 is 0 Å². The highest BCUT2D eigenvalue weighted by molar-refractivity contribution is 7.13. The Bertz CT molecular complexity index is 659. The molecule has 3 N–H and O–H groups in total. The number of amides is 1. The number of aliphatic hydroxyl groups is 1. The molecule has 5 nitrogen and oxygen atoms in total. The van der Waals surface area contributed by atoms with Crippen LogP contribution in [0.4, 0.5) is 0 Å². The molecule has 1 amide bonds. The molecule has 2 rings (SSSR count). The van der Waals surface area contributed by atoms with Gasteiger partial charge in [0.05, 0.1) is 11.3 Å². The summed E-state index contributed by atoms with van der Waals surface area (Å²) in [5.74, 6) is -0.429. The van der Waals surface area contributed by atoms with E-state index in [0.29, 0.717) is 18.7 Å². The van der Waals surface area contributed by atoms with E-state index in [1.807, 2.05) is 31.4 Å². The van der Waals surface area contributed by atoms with Gasteiger partial charge in [-0.2, -0.15) is 0 Å². The van der Waals surface area contributed by atoms with Gasteiger partial charge < -0.3 is 10.8 Å². The van der Waals surface area contributed by atoms with Crippen LogP contribution in [0.3, 0.4) is 0 Å². The number of primary amides is 1. The lowest BCUT2D eigenvalue weighted by molar-refractivity contribution is 0.0350. The minimum Gasteiger partial charge on any atom is -0.389 e. The molecule has 1 heterocycles. The lowest BCUT2D eigenvalue weighted by Gasteiger charge is -2.27. The fraction of sp³-hybridized carbons (Fsp3) is 0.412. The molecule has 0 atom stereocenters. The van der Waals surface area contributed by atoms with E-state index in [1.165, 1.54) is 0 Å². The van der Waals surface area contributed by atoms with Gasteiger partial charge in [-0.3, -0.25) is 9.69 Å². The number of hydrogen-bond donors (Lipinski definition) is 2. The normalized spacial score (nSPS) is 11.9. The fourth-order valence-electron chi connectivity index (χ4n) is 2.35. The van der Waals surface area contributed by atoms with Gasteiger partial charge in [0, 0.05) is 29.6 Å². The number of rotatable bonds is 7. The molecule has 124 valence electrons. The number of benzene rings is 1. The van der Waals surface area contributed by atoms with Gasteiger partial charge in [-0.15, -0.1) is 11.3 Å². The number of nitrogens with zero attached hydrogens (tertiary/aromatic N) is 2. The Morgan fingerprint density at radius 2 is 2.00 bits per heavy atom. The maximum atomic E-state index is 11.1. The van der Waals surface area contributed by atoms with E-state index in [0.717, 1.165) is 22.8 Å². The summed E-state index contributed by atoms with van der Waals surface area (Å²) < 4.78 is 0. The summed E-state index contributed by atoms with van der Waals surface area (Å²) in [6, 6.07) is 7.14. The lowest BCUT2D eigenvalue weighted by atomic mass is 10.1. The summed E-state index contributed by atoms with van der Waals surface area (Å²) >= 11 is 1.57. The molecule has 6 heteroatoms. The van der Waals surface area contributed by atoms with Crippen molar-refractivity contribution in [3.63, 3.8) is 0 Å². The highest BCUT2D eigenvalue weighted by atomic mass is 32.1. The molecule has 1 aromatic heterocycles. The van der Waals surface area contributed by atoms with Gasteiger partial charge in [0.15, 0.2) is 0 Å². The second-order valence-corrected chi connectivity index (χ2v) is 7.06. The molecule has 0 spiro atoms. The van der Waals surface area contributed by atoms with Crippen LogP contribution in [0.15, 0.2) is 29.6 Å². The van der Waals surface area contributed by atoms with E-state index in [4.69, 9.17) is 5.73 Å². The third-order valence-corrected chi connectivity index (χ3v) is 4.35. The van der Waals surface area contributed by atoms with Crippen LogP contribution in [0.1, 0.15) is 36.8 Å². The van der Waals surface area contributed by atoms with Crippen LogP contribution in [0.2, 0.25) is 0 Å². The maximum absolute atomic E-state index is 11.1. The number of thiazole rings is 1. The van der Waals surface area contributed by atoms with Crippen molar-refractivity contribution in [2.45, 2.75) is 32.9 Å². The number of likely N-dealkylation sites (N-methyl/N-ethyl adjacent to an activating group) is 1. The third-order valence-electron chi connectivity index (χ3n) is 3.41. The van der Waals surface area contributed by atoms with Crippen LogP contribution in [-0.4, -0.2) is 39.6 Å². The molecule has 0 aliphatic rings. The molecule has 0 bridgehead atoms. The zero-order valence-electron chi connectivity index (χ0n) is 13.7. The number of nitrogens with two attached hydrogens (primary N) is 1. The number of carbonyl (C=O) groups is 1. The fourth-order valence-corrected chi connectivity index (χ4v) is 3.16. The van der Waals surface area contributed by atoms with Crippen LogP contribution >= 0.6 is 11.3 Å². The van der Waals surface area contributed by atoms with Gasteiger partial charge in [0.2, 0.25) is 5.91 Å². The SMILES string of the molecule is CCN(Cc1csc(-c2ccc(C(N)=O)cc2)n1)CC(C)(C)O. The Morgan fingerprint density at radius 1 is 1.35 bits per heavy atom. The van der Waals surface area contributed by atoms with E-state index < -0.39 is 11.5 Å². The molecule has 1 aromatic carbocycles. The van der Waals surface area contributed by atoms with E-state index in [9.17, 15) is 9.90 Å². The first-order valence-electron chi connectivity index (χ1n) is 7.58. The summed E-state index contributed by atoms with van der Waals surface area (Å²) in [5.41, 5.74) is 6.97. The highest BCUT2D eigenvalue weighted by Crippen LogP contribution is 2.24. The van der Waals surface area contributed by atoms with E-state index in [2.05, 4.69) is 16.8 Å². The number of hydrogen-bond acceptors (Lipinski definition) is 5. The summed E-state index contributed by atoms with van der Waals surface area (Å²) in [5, 5.41) is 12.9. The van der Waals surface area contributed by atoms with E-state index >= 15 is 0 Å². The van der Waals surface area contributed by atoms with Gasteiger partial charge in [-0.1, -0.05) is 19.1 Å². The van der Waals surface area contributed by atoms with Crippen molar-refractivity contribution in [2.75, 3.05) is 13.1 Å². The molecule has 0 aliphatic carbocycles. The van der Waals surface area contributed by atoms with E-state index in [1.54, 1.807) is 23.5 Å². The topological polar surface area (TPSA) is 79.5 Å². The molecule has 0 unspecified atom stereocenters. The molecule has 23 heavy (non-hydrogen) atoms. The Morgan fingerprint density at radius 3 is 2.52 bits per heavy atom. The van der Waals surface area contributed by atoms with Crippen molar-refractivity contribution in [2.24, 2.45) is 5.73 Å². The van der Waals surface area contributed by atoms with Crippen molar-refractivity contribution < 1.29 is 9.90 Å². The van der Waals surface area contributed by atoms with Gasteiger partial charge in [0.1, 0.15) is 5.01 Å². The van der Waals surface area contributed by atoms with Gasteiger partial charge in [0.25, 0.3) is 0 Å². The van der Waals surface area contributed by atoms with Crippen molar-refractivity contribution in [3.8, 4) is 10.6 Å². The summed E-state index contributed by atoms with van der Waals surface area (Å²) in [6.07, 6.45) is 0. The van der Waals surface area contributed by atoms with Gasteiger partial charge in [-0.25, -0.2) is 4.98 Å². The van der Waals surface area contributed by atoms with Crippen molar-refractivity contribution in [3.05, 3.63) is 40.9 Å². The van der Waals surface area contributed by atoms with Crippen LogP contribution < -0.4 is 5.73 Å². The smallest absolute Gasteiger partial charge is 0.248 e. The zero-order valence-corrected chi connectivity index (χ0v) is 14.6. The van der Waals surface area contributed by atoms with Crippen molar-refractivity contribution in [1.29, 1.82) is 0 Å². The number of carbonyl (C=O) groups excluding carboxylic acids is 1. The molecular weight excluding hydrogens is 310 g/mol. The molecule has 0 fully saturated rings. The first-order chi connectivity index (χ1) is 10.8. The predicted octanol–water partition coefficient (Wildman–Crippen LogP) is 2.50. The van der Waals surface area contributed by atoms with Crippen molar-refractivity contribution in [1.82, 2.24) is 9.88 Å². The average molecular weight is 333 g/mol. The summed E-state index contributed by atoms with van der Waals surface area (Å²) in [7, 11) is 0. The largest absolute Gasteiger partial charge is 0.389 e.